The molecule has 4 rings (SSSR count). The lowest BCUT2D eigenvalue weighted by atomic mass is 10.1. The lowest BCUT2D eigenvalue weighted by Gasteiger charge is -2.05. The fourth-order valence-electron chi connectivity index (χ4n) is 3.18. The van der Waals surface area contributed by atoms with Gasteiger partial charge in [0.2, 0.25) is 5.91 Å². The highest BCUT2D eigenvalue weighted by Gasteiger charge is 2.10. The topological polar surface area (TPSA) is 86.9 Å². The molecular formula is C24H22N4O2. The molecule has 30 heavy (non-hydrogen) atoms. The number of para-hydroxylation sites is 1. The molecule has 0 spiro atoms. The van der Waals surface area contributed by atoms with E-state index in [-0.39, 0.29) is 11.8 Å². The second-order valence-corrected chi connectivity index (χ2v) is 7.01. The first-order chi connectivity index (χ1) is 14.6. The van der Waals surface area contributed by atoms with Crippen molar-refractivity contribution in [2.45, 2.75) is 19.8 Å². The minimum atomic E-state index is -0.162. The zero-order valence-corrected chi connectivity index (χ0v) is 16.6. The smallest absolute Gasteiger partial charge is 0.255 e. The van der Waals surface area contributed by atoms with E-state index in [0.717, 1.165) is 34.4 Å². The number of carbonyl (C=O) groups excluding carboxylic acids is 2. The summed E-state index contributed by atoms with van der Waals surface area (Å²) in [6.45, 7) is 1.97. The third-order valence-electron chi connectivity index (χ3n) is 4.70. The van der Waals surface area contributed by atoms with E-state index < -0.39 is 0 Å². The van der Waals surface area contributed by atoms with Crippen LogP contribution in [0.3, 0.4) is 0 Å². The fraction of sp³-hybridized carbons (Fsp3) is 0.125. The number of fused-ring (bicyclic) bond motifs is 1. The number of carbonyl (C=O) groups is 2. The molecule has 0 aliphatic heterocycles. The highest BCUT2D eigenvalue weighted by Crippen LogP contribution is 2.23. The quantitative estimate of drug-likeness (QED) is 0.416. The van der Waals surface area contributed by atoms with Gasteiger partial charge in [0.15, 0.2) is 0 Å². The second kappa shape index (κ2) is 8.61. The summed E-state index contributed by atoms with van der Waals surface area (Å²) in [7, 11) is 0. The van der Waals surface area contributed by atoms with E-state index in [4.69, 9.17) is 0 Å². The van der Waals surface area contributed by atoms with Crippen LogP contribution in [0.15, 0.2) is 72.8 Å². The fourth-order valence-corrected chi connectivity index (χ4v) is 3.18. The second-order valence-electron chi connectivity index (χ2n) is 7.01. The van der Waals surface area contributed by atoms with E-state index in [2.05, 4.69) is 20.6 Å². The molecule has 3 N–H and O–H groups in total. The van der Waals surface area contributed by atoms with Crippen molar-refractivity contribution in [1.82, 2.24) is 9.97 Å². The maximum atomic E-state index is 12.4. The summed E-state index contributed by atoms with van der Waals surface area (Å²) in [6, 6.07) is 22.2. The average Bonchev–Trinajstić information content (AvgIpc) is 3.18. The summed E-state index contributed by atoms with van der Waals surface area (Å²) in [5.74, 6) is 0.541. The van der Waals surface area contributed by atoms with Gasteiger partial charge in [-0.25, -0.2) is 4.98 Å². The number of H-pyrrole nitrogens is 1. The normalized spacial score (nSPS) is 10.7. The molecule has 0 atom stereocenters. The Morgan fingerprint density at radius 3 is 2.40 bits per heavy atom. The molecule has 1 heterocycles. The van der Waals surface area contributed by atoms with Crippen LogP contribution in [0.5, 0.6) is 0 Å². The number of hydrogen-bond donors (Lipinski definition) is 3. The van der Waals surface area contributed by atoms with Crippen LogP contribution in [0, 0.1) is 0 Å². The van der Waals surface area contributed by atoms with Crippen molar-refractivity contribution in [3.8, 4) is 11.4 Å². The number of rotatable bonds is 6. The van der Waals surface area contributed by atoms with E-state index in [0.29, 0.717) is 17.8 Å². The molecule has 0 unspecified atom stereocenters. The van der Waals surface area contributed by atoms with Crippen LogP contribution in [0.2, 0.25) is 0 Å². The third kappa shape index (κ3) is 4.38. The Bertz CT molecular complexity index is 1180. The molecule has 4 aromatic rings. The number of benzene rings is 3. The predicted molar refractivity (Wildman–Crippen MR) is 119 cm³/mol. The van der Waals surface area contributed by atoms with Gasteiger partial charge in [-0.2, -0.15) is 0 Å². The summed E-state index contributed by atoms with van der Waals surface area (Å²) in [5, 5.41) is 5.76. The van der Waals surface area contributed by atoms with E-state index in [9.17, 15) is 9.59 Å². The van der Waals surface area contributed by atoms with Crippen LogP contribution in [0.4, 0.5) is 11.4 Å². The van der Waals surface area contributed by atoms with Gasteiger partial charge in [0, 0.05) is 28.9 Å². The van der Waals surface area contributed by atoms with E-state index in [1.54, 1.807) is 12.1 Å². The number of imidazole rings is 1. The monoisotopic (exact) mass is 398 g/mol. The Morgan fingerprint density at radius 1 is 0.900 bits per heavy atom. The van der Waals surface area contributed by atoms with Crippen molar-refractivity contribution in [3.63, 3.8) is 0 Å². The molecule has 0 aliphatic rings. The highest BCUT2D eigenvalue weighted by molar-refractivity contribution is 6.04. The first-order valence-electron chi connectivity index (χ1n) is 9.89. The van der Waals surface area contributed by atoms with Gasteiger partial charge >= 0.3 is 0 Å². The molecule has 2 amide bonds. The summed E-state index contributed by atoms with van der Waals surface area (Å²) in [6.07, 6.45) is 1.30. The minimum Gasteiger partial charge on any atom is -0.338 e. The van der Waals surface area contributed by atoms with Crippen molar-refractivity contribution in [3.05, 3.63) is 78.4 Å². The molecule has 0 saturated heterocycles. The molecule has 3 aromatic carbocycles. The molecule has 0 saturated carbocycles. The van der Waals surface area contributed by atoms with E-state index >= 15 is 0 Å². The summed E-state index contributed by atoms with van der Waals surface area (Å²) < 4.78 is 0. The van der Waals surface area contributed by atoms with Crippen molar-refractivity contribution in [1.29, 1.82) is 0 Å². The standard InChI is InChI=1S/C24H22N4O2/c1-2-6-22(29)25-19-13-14-20-21(15-19)28-23(27-20)16-9-11-17(12-10-16)24(30)26-18-7-4-3-5-8-18/h3-5,7-15H,2,6H2,1H3,(H,25,29)(H,26,30)(H,27,28). The number of hydrogen-bond acceptors (Lipinski definition) is 3. The van der Waals surface area contributed by atoms with Crippen LogP contribution >= 0.6 is 0 Å². The van der Waals surface area contributed by atoms with Gasteiger partial charge in [-0.3, -0.25) is 9.59 Å². The molecule has 0 aliphatic carbocycles. The predicted octanol–water partition coefficient (Wildman–Crippen LogP) is 5.22. The Kier molecular flexibility index (Phi) is 5.57. The van der Waals surface area contributed by atoms with E-state index in [1.807, 2.05) is 67.6 Å². The lowest BCUT2D eigenvalue weighted by Crippen LogP contribution is -2.11. The third-order valence-corrected chi connectivity index (χ3v) is 4.70. The molecule has 150 valence electrons. The molecule has 1 aromatic heterocycles. The van der Waals surface area contributed by atoms with Crippen molar-refractivity contribution >= 4 is 34.2 Å². The average molecular weight is 398 g/mol. The van der Waals surface area contributed by atoms with Crippen LogP contribution in [-0.4, -0.2) is 21.8 Å². The summed E-state index contributed by atoms with van der Waals surface area (Å²) in [5.41, 5.74) is 4.57. The van der Waals surface area contributed by atoms with Gasteiger partial charge in [0.05, 0.1) is 11.0 Å². The van der Waals surface area contributed by atoms with Gasteiger partial charge < -0.3 is 15.6 Å². The van der Waals surface area contributed by atoms with Gasteiger partial charge in [-0.1, -0.05) is 37.3 Å². The largest absolute Gasteiger partial charge is 0.338 e. The zero-order chi connectivity index (χ0) is 20.9. The lowest BCUT2D eigenvalue weighted by molar-refractivity contribution is -0.116. The van der Waals surface area contributed by atoms with Crippen LogP contribution < -0.4 is 10.6 Å². The van der Waals surface area contributed by atoms with Crippen molar-refractivity contribution in [2.24, 2.45) is 0 Å². The van der Waals surface area contributed by atoms with Crippen LogP contribution in [0.1, 0.15) is 30.1 Å². The van der Waals surface area contributed by atoms with Crippen molar-refractivity contribution in [2.75, 3.05) is 10.6 Å². The highest BCUT2D eigenvalue weighted by atomic mass is 16.2. The van der Waals surface area contributed by atoms with Crippen molar-refractivity contribution < 1.29 is 9.59 Å². The minimum absolute atomic E-state index is 0.00280. The number of nitrogens with zero attached hydrogens (tertiary/aromatic N) is 1. The number of aromatic amines is 1. The Labute approximate surface area is 174 Å². The molecule has 6 nitrogen and oxygen atoms in total. The van der Waals surface area contributed by atoms with Crippen LogP contribution in [0.25, 0.3) is 22.4 Å². The molecule has 0 radical (unpaired) electrons. The van der Waals surface area contributed by atoms with Gasteiger partial charge in [-0.15, -0.1) is 0 Å². The molecule has 0 bridgehead atoms. The molecule has 6 heteroatoms. The number of aromatic nitrogens is 2. The van der Waals surface area contributed by atoms with Gasteiger partial charge in [0.25, 0.3) is 5.91 Å². The van der Waals surface area contributed by atoms with Gasteiger partial charge in [-0.05, 0) is 48.9 Å². The molecular weight excluding hydrogens is 376 g/mol. The Hall–Kier alpha value is -3.93. The summed E-state index contributed by atoms with van der Waals surface area (Å²) >= 11 is 0. The number of anilines is 2. The summed E-state index contributed by atoms with van der Waals surface area (Å²) in [4.78, 5) is 32.1. The molecule has 0 fully saturated rings. The van der Waals surface area contributed by atoms with E-state index in [1.165, 1.54) is 0 Å². The number of amides is 2. The zero-order valence-electron chi connectivity index (χ0n) is 16.6. The first kappa shape index (κ1) is 19.4. The maximum Gasteiger partial charge on any atom is 0.255 e. The Morgan fingerprint density at radius 2 is 1.67 bits per heavy atom. The number of nitrogens with one attached hydrogen (secondary N) is 3. The first-order valence-corrected chi connectivity index (χ1v) is 9.89. The van der Waals surface area contributed by atoms with Crippen LogP contribution in [-0.2, 0) is 4.79 Å². The maximum absolute atomic E-state index is 12.4. The Balaban J connectivity index is 1.51. The van der Waals surface area contributed by atoms with Gasteiger partial charge in [0.1, 0.15) is 5.82 Å². The SMILES string of the molecule is CCCC(=O)Nc1ccc2[nH]c(-c3ccc(C(=O)Nc4ccccc4)cc3)nc2c1.